The smallest absolute Gasteiger partial charge is 0.244 e. The van der Waals surface area contributed by atoms with Crippen LogP contribution in [0.4, 0.5) is 0 Å². The van der Waals surface area contributed by atoms with Crippen molar-refractivity contribution >= 4 is 29.5 Å². The van der Waals surface area contributed by atoms with Crippen LogP contribution >= 0.6 is 11.8 Å². The normalized spacial score (nSPS) is 32.3. The predicted octanol–water partition coefficient (Wildman–Crippen LogP) is 2.96. The molecule has 2 bridgehead atoms. The number of rotatable bonds is 11. The van der Waals surface area contributed by atoms with Gasteiger partial charge in [0.25, 0.3) is 0 Å². The average molecular weight is 516 g/mol. The van der Waals surface area contributed by atoms with Gasteiger partial charge in [0.15, 0.2) is 0 Å². The van der Waals surface area contributed by atoms with E-state index in [0.717, 1.165) is 31.2 Å². The van der Waals surface area contributed by atoms with Crippen LogP contribution < -0.4 is 10.6 Å². The van der Waals surface area contributed by atoms with Gasteiger partial charge >= 0.3 is 0 Å². The minimum absolute atomic E-state index is 0.00832. The number of aliphatic hydroxyl groups is 1. The molecule has 4 rings (SSSR count). The summed E-state index contributed by atoms with van der Waals surface area (Å²) in [6.45, 7) is 9.02. The molecule has 3 amide bonds. The molecule has 1 aromatic carbocycles. The summed E-state index contributed by atoms with van der Waals surface area (Å²) in [6, 6.07) is 8.62. The first-order valence-corrected chi connectivity index (χ1v) is 14.4. The van der Waals surface area contributed by atoms with Crippen LogP contribution in [-0.4, -0.2) is 63.0 Å². The Morgan fingerprint density at radius 3 is 2.56 bits per heavy atom. The summed E-state index contributed by atoms with van der Waals surface area (Å²) in [7, 11) is 0. The third-order valence-corrected chi connectivity index (χ3v) is 10.8. The summed E-state index contributed by atoms with van der Waals surface area (Å²) in [6.07, 6.45) is 3.42. The van der Waals surface area contributed by atoms with E-state index in [1.807, 2.05) is 44.2 Å². The second-order valence-corrected chi connectivity index (χ2v) is 12.3. The van der Waals surface area contributed by atoms with Gasteiger partial charge < -0.3 is 20.6 Å². The van der Waals surface area contributed by atoms with Gasteiger partial charge in [-0.2, -0.15) is 0 Å². The van der Waals surface area contributed by atoms with Crippen LogP contribution in [0.5, 0.6) is 0 Å². The number of hydrogen-bond acceptors (Lipinski definition) is 5. The van der Waals surface area contributed by atoms with E-state index >= 15 is 0 Å². The van der Waals surface area contributed by atoms with Crippen molar-refractivity contribution in [2.45, 2.75) is 82.0 Å². The maximum absolute atomic E-state index is 14.2. The molecule has 198 valence electrons. The maximum atomic E-state index is 14.2. The lowest BCUT2D eigenvalue weighted by atomic mass is 9.66. The number of aliphatic hydroxyl groups excluding tert-OH is 1. The number of amides is 3. The number of nitrogens with zero attached hydrogens (tertiary/aromatic N) is 1. The SMILES string of the molecule is CCCCNC(=O)C1N([C@@H](CO)[C@@H](C)CC)C(=O)[C@@H]2[C@H](C(=O)NCc3ccccc3)[C@@H]3CC(C)C12S3. The fourth-order valence-corrected chi connectivity index (χ4v) is 9.03. The Labute approximate surface area is 219 Å². The van der Waals surface area contributed by atoms with Gasteiger partial charge in [0.05, 0.1) is 29.2 Å². The van der Waals surface area contributed by atoms with Crippen molar-refractivity contribution in [3.8, 4) is 0 Å². The highest BCUT2D eigenvalue weighted by molar-refractivity contribution is 8.02. The van der Waals surface area contributed by atoms with Crippen LogP contribution in [-0.2, 0) is 20.9 Å². The Bertz CT molecular complexity index is 959. The number of benzene rings is 1. The molecule has 1 spiro atoms. The molecule has 8 heteroatoms. The van der Waals surface area contributed by atoms with Crippen molar-refractivity contribution in [2.24, 2.45) is 23.7 Å². The average Bonchev–Trinajstić information content (AvgIpc) is 3.47. The Morgan fingerprint density at radius 1 is 1.19 bits per heavy atom. The Hall–Kier alpha value is -2.06. The summed E-state index contributed by atoms with van der Waals surface area (Å²) in [5, 5.41) is 16.6. The summed E-state index contributed by atoms with van der Waals surface area (Å²) >= 11 is 1.68. The van der Waals surface area contributed by atoms with E-state index < -0.39 is 28.7 Å². The molecule has 0 aromatic heterocycles. The van der Waals surface area contributed by atoms with Crippen molar-refractivity contribution < 1.29 is 19.5 Å². The molecular weight excluding hydrogens is 474 g/mol. The highest BCUT2D eigenvalue weighted by Gasteiger charge is 2.76. The first kappa shape index (κ1) is 27.0. The number of hydrogen-bond donors (Lipinski definition) is 3. The van der Waals surface area contributed by atoms with E-state index in [1.54, 1.807) is 16.7 Å². The van der Waals surface area contributed by atoms with Gasteiger partial charge in [-0.1, -0.05) is 70.9 Å². The van der Waals surface area contributed by atoms with Crippen molar-refractivity contribution in [3.63, 3.8) is 0 Å². The standard InChI is InChI=1S/C28H41N3O4S/c1-5-7-13-29-26(34)24-28-18(4)14-21(36-28)22(25(33)30-15-19-11-9-8-10-12-19)23(28)27(35)31(24)20(16-32)17(3)6-2/h8-12,17-18,20-24,32H,5-7,13-16H2,1-4H3,(H,29,34)(H,30,33)/t17-,18?,20-,21-,22+,23-,24?,28?/m0/s1. The highest BCUT2D eigenvalue weighted by atomic mass is 32.2. The van der Waals surface area contributed by atoms with Crippen molar-refractivity contribution in [2.75, 3.05) is 13.2 Å². The van der Waals surface area contributed by atoms with Crippen LogP contribution in [0.15, 0.2) is 30.3 Å². The molecule has 3 aliphatic rings. The van der Waals surface area contributed by atoms with Gasteiger partial charge in [0.2, 0.25) is 17.7 Å². The van der Waals surface area contributed by atoms with Gasteiger partial charge in [-0.05, 0) is 30.2 Å². The summed E-state index contributed by atoms with van der Waals surface area (Å²) in [5.41, 5.74) is 1.01. The van der Waals surface area contributed by atoms with Crippen LogP contribution in [0.1, 0.15) is 58.9 Å². The van der Waals surface area contributed by atoms with Gasteiger partial charge in [-0.15, -0.1) is 11.8 Å². The van der Waals surface area contributed by atoms with Gasteiger partial charge in [0.1, 0.15) is 6.04 Å². The molecule has 3 N–H and O–H groups in total. The summed E-state index contributed by atoms with van der Waals surface area (Å²) in [4.78, 5) is 43.2. The largest absolute Gasteiger partial charge is 0.394 e. The second kappa shape index (κ2) is 11.1. The second-order valence-electron chi connectivity index (χ2n) is 10.8. The molecule has 3 aliphatic heterocycles. The lowest BCUT2D eigenvalue weighted by Crippen LogP contribution is -2.59. The topological polar surface area (TPSA) is 98.7 Å². The predicted molar refractivity (Wildman–Crippen MR) is 142 cm³/mol. The molecule has 0 saturated carbocycles. The molecule has 36 heavy (non-hydrogen) atoms. The van der Waals surface area contributed by atoms with E-state index in [1.165, 1.54) is 0 Å². The number of thioether (sulfide) groups is 1. The van der Waals surface area contributed by atoms with E-state index in [2.05, 4.69) is 24.5 Å². The molecule has 3 heterocycles. The molecule has 1 aromatic rings. The minimum Gasteiger partial charge on any atom is -0.394 e. The first-order chi connectivity index (χ1) is 17.3. The zero-order valence-electron chi connectivity index (χ0n) is 21.9. The van der Waals surface area contributed by atoms with Gasteiger partial charge in [-0.25, -0.2) is 0 Å². The monoisotopic (exact) mass is 515 g/mol. The van der Waals surface area contributed by atoms with E-state index in [-0.39, 0.29) is 41.4 Å². The van der Waals surface area contributed by atoms with Crippen LogP contribution in [0, 0.1) is 23.7 Å². The minimum atomic E-state index is -0.685. The van der Waals surface area contributed by atoms with Crippen molar-refractivity contribution in [1.82, 2.24) is 15.5 Å². The zero-order chi connectivity index (χ0) is 26.0. The van der Waals surface area contributed by atoms with Crippen LogP contribution in [0.25, 0.3) is 0 Å². The molecule has 3 unspecified atom stereocenters. The fraction of sp³-hybridized carbons (Fsp3) is 0.679. The van der Waals surface area contributed by atoms with Crippen molar-refractivity contribution in [1.29, 1.82) is 0 Å². The molecule has 3 fully saturated rings. The number of unbranched alkanes of at least 4 members (excludes halogenated alkanes) is 1. The Kier molecular flexibility index (Phi) is 8.35. The van der Waals surface area contributed by atoms with Crippen LogP contribution in [0.3, 0.4) is 0 Å². The number of carbonyl (C=O) groups is 3. The maximum Gasteiger partial charge on any atom is 0.244 e. The number of likely N-dealkylation sites (tertiary alicyclic amines) is 1. The molecule has 3 saturated heterocycles. The van der Waals surface area contributed by atoms with E-state index in [4.69, 9.17) is 0 Å². The van der Waals surface area contributed by atoms with Crippen LogP contribution in [0.2, 0.25) is 0 Å². The fourth-order valence-electron chi connectivity index (χ4n) is 6.62. The number of nitrogens with one attached hydrogen (secondary N) is 2. The molecule has 8 atom stereocenters. The lowest BCUT2D eigenvalue weighted by Gasteiger charge is -2.41. The third-order valence-electron chi connectivity index (χ3n) is 8.72. The Balaban J connectivity index is 1.68. The number of carbonyl (C=O) groups excluding carboxylic acids is 3. The zero-order valence-corrected chi connectivity index (χ0v) is 22.7. The summed E-state index contributed by atoms with van der Waals surface area (Å²) in [5.74, 6) is -1.30. The van der Waals surface area contributed by atoms with E-state index in [0.29, 0.717) is 13.1 Å². The Morgan fingerprint density at radius 2 is 1.92 bits per heavy atom. The molecule has 0 radical (unpaired) electrons. The molecule has 0 aliphatic carbocycles. The third kappa shape index (κ3) is 4.44. The summed E-state index contributed by atoms with van der Waals surface area (Å²) < 4.78 is -0.659. The highest BCUT2D eigenvalue weighted by Crippen LogP contribution is 2.68. The quantitative estimate of drug-likeness (QED) is 0.394. The molecular formula is C28H41N3O4S. The van der Waals surface area contributed by atoms with Gasteiger partial charge in [0, 0.05) is 18.3 Å². The molecule has 7 nitrogen and oxygen atoms in total. The first-order valence-electron chi connectivity index (χ1n) is 13.5. The lowest BCUT2D eigenvalue weighted by molar-refractivity contribution is -0.144. The number of fused-ring (bicyclic) bond motifs is 1. The van der Waals surface area contributed by atoms with Crippen molar-refractivity contribution in [3.05, 3.63) is 35.9 Å². The van der Waals surface area contributed by atoms with Gasteiger partial charge in [-0.3, -0.25) is 14.4 Å². The van der Waals surface area contributed by atoms with E-state index in [9.17, 15) is 19.5 Å².